The summed E-state index contributed by atoms with van der Waals surface area (Å²) in [6, 6.07) is 13.6. The molecule has 5 nitrogen and oxygen atoms in total. The minimum Gasteiger partial charge on any atom is -0.322 e. The Morgan fingerprint density at radius 2 is 1.79 bits per heavy atom. The first kappa shape index (κ1) is 20.6. The first-order valence-corrected chi connectivity index (χ1v) is 11.0. The largest absolute Gasteiger partial charge is 0.322 e. The highest BCUT2D eigenvalue weighted by atomic mass is 35.5. The van der Waals surface area contributed by atoms with E-state index < -0.39 is 10.0 Å². The number of aromatic nitrogens is 1. The van der Waals surface area contributed by atoms with Crippen molar-refractivity contribution in [2.75, 3.05) is 6.54 Å². The van der Waals surface area contributed by atoms with Crippen molar-refractivity contribution in [2.24, 2.45) is 0 Å². The molecule has 0 aliphatic carbocycles. The minimum absolute atomic E-state index is 0.0180. The molecule has 0 amide bonds. The van der Waals surface area contributed by atoms with Crippen molar-refractivity contribution in [3.05, 3.63) is 75.0 Å². The third-order valence-electron chi connectivity index (χ3n) is 4.64. The molecular formula is C21H23ClN2O3S. The third-order valence-corrected chi connectivity index (χ3v) is 6.75. The van der Waals surface area contributed by atoms with Crippen LogP contribution in [-0.2, 0) is 16.6 Å². The summed E-state index contributed by atoms with van der Waals surface area (Å²) in [4.78, 5) is 15.6. The molecule has 0 radical (unpaired) electrons. The van der Waals surface area contributed by atoms with E-state index in [4.69, 9.17) is 11.6 Å². The fourth-order valence-electron chi connectivity index (χ4n) is 3.05. The highest BCUT2D eigenvalue weighted by Crippen LogP contribution is 2.21. The lowest BCUT2D eigenvalue weighted by Gasteiger charge is -2.22. The van der Waals surface area contributed by atoms with E-state index in [1.54, 1.807) is 18.2 Å². The van der Waals surface area contributed by atoms with Gasteiger partial charge in [0.2, 0.25) is 10.0 Å². The predicted molar refractivity (Wildman–Crippen MR) is 113 cm³/mol. The van der Waals surface area contributed by atoms with Gasteiger partial charge in [-0.2, -0.15) is 4.31 Å². The molecule has 0 unspecified atom stereocenters. The molecule has 1 heterocycles. The number of sulfonamides is 1. The van der Waals surface area contributed by atoms with Gasteiger partial charge in [0.1, 0.15) is 0 Å². The SMILES string of the molecule is CCCCN(Cc1cc2cc(C)ccc2[nH]c1=O)S(=O)(=O)c1ccc(Cl)cc1. The lowest BCUT2D eigenvalue weighted by molar-refractivity contribution is 0.397. The summed E-state index contributed by atoms with van der Waals surface area (Å²) in [6.07, 6.45) is 1.55. The van der Waals surface area contributed by atoms with Crippen LogP contribution in [0.2, 0.25) is 5.02 Å². The van der Waals surface area contributed by atoms with E-state index in [9.17, 15) is 13.2 Å². The number of fused-ring (bicyclic) bond motifs is 1. The Kier molecular flexibility index (Phi) is 6.23. The van der Waals surface area contributed by atoms with Crippen molar-refractivity contribution < 1.29 is 8.42 Å². The van der Waals surface area contributed by atoms with Crippen molar-refractivity contribution >= 4 is 32.5 Å². The molecule has 1 aromatic heterocycles. The number of H-pyrrole nitrogens is 1. The zero-order valence-electron chi connectivity index (χ0n) is 15.9. The van der Waals surface area contributed by atoms with E-state index in [1.807, 2.05) is 32.0 Å². The average molecular weight is 419 g/mol. The fraction of sp³-hybridized carbons (Fsp3) is 0.286. The molecule has 0 aliphatic heterocycles. The maximum atomic E-state index is 13.2. The molecule has 0 atom stereocenters. The van der Waals surface area contributed by atoms with Gasteiger partial charge >= 0.3 is 0 Å². The van der Waals surface area contributed by atoms with E-state index >= 15 is 0 Å². The first-order chi connectivity index (χ1) is 13.3. The molecule has 0 saturated heterocycles. The summed E-state index contributed by atoms with van der Waals surface area (Å²) in [6.45, 7) is 4.33. The average Bonchev–Trinajstić information content (AvgIpc) is 2.66. The number of unbranched alkanes of at least 4 members (excludes halogenated alkanes) is 1. The molecule has 28 heavy (non-hydrogen) atoms. The van der Waals surface area contributed by atoms with Crippen molar-refractivity contribution in [1.29, 1.82) is 0 Å². The van der Waals surface area contributed by atoms with E-state index in [1.165, 1.54) is 16.4 Å². The van der Waals surface area contributed by atoms with E-state index in [0.717, 1.165) is 22.9 Å². The summed E-state index contributed by atoms with van der Waals surface area (Å²) in [5.41, 5.74) is 1.96. The highest BCUT2D eigenvalue weighted by molar-refractivity contribution is 7.89. The number of rotatable bonds is 7. The normalized spacial score (nSPS) is 12.0. The van der Waals surface area contributed by atoms with Gasteiger partial charge in [-0.05, 0) is 61.2 Å². The Labute approximate surface area is 170 Å². The summed E-state index contributed by atoms with van der Waals surface area (Å²) in [5, 5.41) is 1.36. The van der Waals surface area contributed by atoms with Gasteiger partial charge in [0.15, 0.2) is 0 Å². The van der Waals surface area contributed by atoms with Gasteiger partial charge in [-0.15, -0.1) is 0 Å². The molecule has 0 fully saturated rings. The van der Waals surface area contributed by atoms with E-state index in [2.05, 4.69) is 4.98 Å². The lowest BCUT2D eigenvalue weighted by atomic mass is 10.1. The first-order valence-electron chi connectivity index (χ1n) is 9.19. The number of hydrogen-bond acceptors (Lipinski definition) is 3. The number of pyridine rings is 1. The monoisotopic (exact) mass is 418 g/mol. The molecule has 0 aliphatic rings. The summed E-state index contributed by atoms with van der Waals surface area (Å²) < 4.78 is 27.7. The molecule has 2 aromatic carbocycles. The molecule has 0 spiro atoms. The van der Waals surface area contributed by atoms with Gasteiger partial charge in [-0.25, -0.2) is 8.42 Å². The van der Waals surface area contributed by atoms with Gasteiger partial charge in [-0.1, -0.05) is 36.6 Å². The Hall–Kier alpha value is -2.15. The van der Waals surface area contributed by atoms with Crippen molar-refractivity contribution in [3.63, 3.8) is 0 Å². The predicted octanol–water partition coefficient (Wildman–Crippen LogP) is 4.48. The second-order valence-electron chi connectivity index (χ2n) is 6.86. The van der Waals surface area contributed by atoms with Crippen LogP contribution in [0.15, 0.2) is 58.2 Å². The van der Waals surface area contributed by atoms with Crippen LogP contribution in [0.1, 0.15) is 30.9 Å². The zero-order valence-corrected chi connectivity index (χ0v) is 17.5. The van der Waals surface area contributed by atoms with E-state index in [-0.39, 0.29) is 17.0 Å². The maximum absolute atomic E-state index is 13.2. The molecule has 0 saturated carbocycles. The second-order valence-corrected chi connectivity index (χ2v) is 9.23. The van der Waals surface area contributed by atoms with Crippen LogP contribution in [0.5, 0.6) is 0 Å². The lowest BCUT2D eigenvalue weighted by Crippen LogP contribution is -2.33. The van der Waals surface area contributed by atoms with Crippen molar-refractivity contribution in [2.45, 2.75) is 38.1 Å². The zero-order chi connectivity index (χ0) is 20.3. The standard InChI is InChI=1S/C21H23ClN2O3S/c1-3-4-11-24(28(26,27)19-8-6-18(22)7-9-19)14-17-13-16-12-15(2)5-10-20(16)23-21(17)25/h5-10,12-13H,3-4,11,14H2,1-2H3,(H,23,25). The molecule has 0 bridgehead atoms. The Bertz CT molecular complexity index is 1140. The number of nitrogens with one attached hydrogen (secondary N) is 1. The number of aromatic amines is 1. The topological polar surface area (TPSA) is 70.2 Å². The Balaban J connectivity index is 2.01. The highest BCUT2D eigenvalue weighted by Gasteiger charge is 2.25. The summed E-state index contributed by atoms with van der Waals surface area (Å²) in [7, 11) is -3.74. The summed E-state index contributed by atoms with van der Waals surface area (Å²) >= 11 is 5.89. The minimum atomic E-state index is -3.74. The number of hydrogen-bond donors (Lipinski definition) is 1. The Morgan fingerprint density at radius 1 is 1.07 bits per heavy atom. The number of halogens is 1. The molecule has 3 aromatic rings. The molecule has 148 valence electrons. The van der Waals surface area contributed by atoms with Crippen LogP contribution in [0.3, 0.4) is 0 Å². The fourth-order valence-corrected chi connectivity index (χ4v) is 4.64. The third kappa shape index (κ3) is 4.46. The van der Waals surface area contributed by atoms with Crippen molar-refractivity contribution in [1.82, 2.24) is 9.29 Å². The summed E-state index contributed by atoms with van der Waals surface area (Å²) in [5.74, 6) is 0. The smallest absolute Gasteiger partial charge is 0.252 e. The van der Waals surface area contributed by atoms with Gasteiger partial charge < -0.3 is 4.98 Å². The van der Waals surface area contributed by atoms with Crippen LogP contribution in [0.25, 0.3) is 10.9 Å². The van der Waals surface area contributed by atoms with Gasteiger partial charge in [-0.3, -0.25) is 4.79 Å². The van der Waals surface area contributed by atoms with E-state index in [0.29, 0.717) is 23.6 Å². The maximum Gasteiger partial charge on any atom is 0.252 e. The van der Waals surface area contributed by atoms with Crippen LogP contribution in [-0.4, -0.2) is 24.3 Å². The molecule has 1 N–H and O–H groups in total. The van der Waals surface area contributed by atoms with Crippen LogP contribution < -0.4 is 5.56 Å². The Morgan fingerprint density at radius 3 is 2.46 bits per heavy atom. The van der Waals surface area contributed by atoms with Gasteiger partial charge in [0.05, 0.1) is 4.90 Å². The van der Waals surface area contributed by atoms with Crippen LogP contribution in [0.4, 0.5) is 0 Å². The molecule has 7 heteroatoms. The molecular weight excluding hydrogens is 396 g/mol. The van der Waals surface area contributed by atoms with Gasteiger partial charge in [0, 0.05) is 29.2 Å². The van der Waals surface area contributed by atoms with Crippen molar-refractivity contribution in [3.8, 4) is 0 Å². The quantitative estimate of drug-likeness (QED) is 0.614. The second kappa shape index (κ2) is 8.47. The molecule has 3 rings (SSSR count). The number of benzene rings is 2. The van der Waals surface area contributed by atoms with Crippen LogP contribution >= 0.6 is 11.6 Å². The van der Waals surface area contributed by atoms with Gasteiger partial charge in [0.25, 0.3) is 5.56 Å². The number of aryl methyl sites for hydroxylation is 1. The number of nitrogens with zero attached hydrogens (tertiary/aromatic N) is 1. The van der Waals surface area contributed by atoms with Crippen LogP contribution in [0, 0.1) is 6.92 Å².